The topological polar surface area (TPSA) is 46.3 Å². The van der Waals surface area contributed by atoms with Crippen LogP contribution in [0, 0.1) is 11.8 Å². The second-order valence-corrected chi connectivity index (χ2v) is 5.05. The standard InChI is InChI=1S/C11H20N2OS/c1-8(11(12)15)7-13(2)10(14)6-9-4-3-5-9/h8-9H,3-7H2,1-2H3,(H2,12,15). The molecule has 1 atom stereocenters. The molecule has 1 aliphatic rings. The second-order valence-electron chi connectivity index (χ2n) is 4.58. The van der Waals surface area contributed by atoms with Crippen LogP contribution in [0.1, 0.15) is 32.6 Å². The lowest BCUT2D eigenvalue weighted by Gasteiger charge is -2.28. The minimum Gasteiger partial charge on any atom is -0.393 e. The molecule has 1 rings (SSSR count). The van der Waals surface area contributed by atoms with Gasteiger partial charge in [-0.15, -0.1) is 0 Å². The lowest BCUT2D eigenvalue weighted by molar-refractivity contribution is -0.131. The van der Waals surface area contributed by atoms with Crippen molar-refractivity contribution in [2.45, 2.75) is 32.6 Å². The fourth-order valence-corrected chi connectivity index (χ4v) is 1.78. The molecule has 1 amide bonds. The molecule has 0 radical (unpaired) electrons. The van der Waals surface area contributed by atoms with E-state index in [4.69, 9.17) is 18.0 Å². The Bertz CT molecular complexity index is 251. The van der Waals surface area contributed by atoms with Crippen LogP contribution in [0.25, 0.3) is 0 Å². The number of thiocarbonyl (C=S) groups is 1. The summed E-state index contributed by atoms with van der Waals surface area (Å²) in [6.07, 6.45) is 4.40. The molecule has 86 valence electrons. The zero-order valence-corrected chi connectivity index (χ0v) is 10.3. The maximum atomic E-state index is 11.7. The second kappa shape index (κ2) is 5.45. The van der Waals surface area contributed by atoms with Crippen molar-refractivity contribution in [1.29, 1.82) is 0 Å². The summed E-state index contributed by atoms with van der Waals surface area (Å²) < 4.78 is 0. The van der Waals surface area contributed by atoms with Crippen molar-refractivity contribution < 1.29 is 4.79 Å². The van der Waals surface area contributed by atoms with Crippen LogP contribution in [0.5, 0.6) is 0 Å². The fraction of sp³-hybridized carbons (Fsp3) is 0.818. The third-order valence-corrected chi connectivity index (χ3v) is 3.55. The molecule has 0 aromatic carbocycles. The van der Waals surface area contributed by atoms with Crippen LogP contribution in [0.4, 0.5) is 0 Å². The van der Waals surface area contributed by atoms with E-state index >= 15 is 0 Å². The number of hydrogen-bond donors (Lipinski definition) is 1. The highest BCUT2D eigenvalue weighted by Gasteiger charge is 2.23. The van der Waals surface area contributed by atoms with Crippen LogP contribution in [0.2, 0.25) is 0 Å². The quantitative estimate of drug-likeness (QED) is 0.726. The van der Waals surface area contributed by atoms with Gasteiger partial charge in [0, 0.05) is 25.9 Å². The Balaban J connectivity index is 2.28. The smallest absolute Gasteiger partial charge is 0.222 e. The van der Waals surface area contributed by atoms with Gasteiger partial charge in [-0.3, -0.25) is 4.79 Å². The lowest BCUT2D eigenvalue weighted by atomic mass is 9.82. The average Bonchev–Trinajstić information content (AvgIpc) is 2.10. The summed E-state index contributed by atoms with van der Waals surface area (Å²) in [7, 11) is 1.83. The molecule has 0 aromatic heterocycles. The highest BCUT2D eigenvalue weighted by molar-refractivity contribution is 7.80. The third-order valence-electron chi connectivity index (χ3n) is 3.15. The van der Waals surface area contributed by atoms with E-state index < -0.39 is 0 Å². The molecular weight excluding hydrogens is 208 g/mol. The van der Waals surface area contributed by atoms with Gasteiger partial charge in [0.2, 0.25) is 5.91 Å². The predicted molar refractivity (Wildman–Crippen MR) is 65.5 cm³/mol. The van der Waals surface area contributed by atoms with E-state index in [1.165, 1.54) is 19.3 Å². The number of rotatable bonds is 5. The van der Waals surface area contributed by atoms with Gasteiger partial charge in [-0.25, -0.2) is 0 Å². The van der Waals surface area contributed by atoms with Gasteiger partial charge in [0.1, 0.15) is 0 Å². The average molecular weight is 228 g/mol. The van der Waals surface area contributed by atoms with Crippen LogP contribution >= 0.6 is 12.2 Å². The van der Waals surface area contributed by atoms with Crippen molar-refractivity contribution in [2.75, 3.05) is 13.6 Å². The molecule has 0 spiro atoms. The van der Waals surface area contributed by atoms with Crippen molar-refractivity contribution in [3.63, 3.8) is 0 Å². The molecule has 0 aliphatic heterocycles. The van der Waals surface area contributed by atoms with Crippen LogP contribution < -0.4 is 5.73 Å². The van der Waals surface area contributed by atoms with Gasteiger partial charge in [0.15, 0.2) is 0 Å². The molecule has 0 bridgehead atoms. The van der Waals surface area contributed by atoms with Crippen LogP contribution in [0.3, 0.4) is 0 Å². The van der Waals surface area contributed by atoms with Crippen molar-refractivity contribution in [3.05, 3.63) is 0 Å². The number of amides is 1. The Morgan fingerprint density at radius 3 is 2.60 bits per heavy atom. The number of nitrogens with two attached hydrogens (primary N) is 1. The fourth-order valence-electron chi connectivity index (χ4n) is 1.70. The number of carbonyl (C=O) groups excluding carboxylic acids is 1. The largest absolute Gasteiger partial charge is 0.393 e. The third kappa shape index (κ3) is 3.78. The van der Waals surface area contributed by atoms with Gasteiger partial charge in [0.25, 0.3) is 0 Å². The molecule has 1 unspecified atom stereocenters. The summed E-state index contributed by atoms with van der Waals surface area (Å²) in [5, 5.41) is 0. The van der Waals surface area contributed by atoms with Crippen molar-refractivity contribution in [2.24, 2.45) is 17.6 Å². The lowest BCUT2D eigenvalue weighted by Crippen LogP contribution is -2.36. The predicted octanol–water partition coefficient (Wildman–Crippen LogP) is 1.56. The molecule has 1 fully saturated rings. The first kappa shape index (κ1) is 12.4. The summed E-state index contributed by atoms with van der Waals surface area (Å²) in [6, 6.07) is 0. The van der Waals surface area contributed by atoms with Crippen molar-refractivity contribution >= 4 is 23.1 Å². The summed E-state index contributed by atoms with van der Waals surface area (Å²) in [4.78, 5) is 14.0. The van der Waals surface area contributed by atoms with E-state index in [2.05, 4.69) is 0 Å². The van der Waals surface area contributed by atoms with Gasteiger partial charge in [0.05, 0.1) is 4.99 Å². The van der Waals surface area contributed by atoms with Gasteiger partial charge in [-0.05, 0) is 18.8 Å². The zero-order valence-electron chi connectivity index (χ0n) is 9.53. The molecule has 15 heavy (non-hydrogen) atoms. The number of hydrogen-bond acceptors (Lipinski definition) is 2. The van der Waals surface area contributed by atoms with E-state index in [0.717, 1.165) is 0 Å². The van der Waals surface area contributed by atoms with Crippen LogP contribution in [-0.2, 0) is 4.79 Å². The van der Waals surface area contributed by atoms with Gasteiger partial charge >= 0.3 is 0 Å². The summed E-state index contributed by atoms with van der Waals surface area (Å²) >= 11 is 4.88. The van der Waals surface area contributed by atoms with Crippen LogP contribution in [-0.4, -0.2) is 29.4 Å². The molecule has 4 heteroatoms. The molecular formula is C11H20N2OS. The Morgan fingerprint density at radius 1 is 1.60 bits per heavy atom. The highest BCUT2D eigenvalue weighted by atomic mass is 32.1. The Labute approximate surface area is 97.0 Å². The van der Waals surface area contributed by atoms with Crippen molar-refractivity contribution in [3.8, 4) is 0 Å². The molecule has 1 aliphatic carbocycles. The van der Waals surface area contributed by atoms with E-state index in [1.54, 1.807) is 4.90 Å². The Hall–Kier alpha value is -0.640. The Kier molecular flexibility index (Phi) is 4.51. The van der Waals surface area contributed by atoms with Gasteiger partial charge in [-0.2, -0.15) is 0 Å². The maximum absolute atomic E-state index is 11.7. The Morgan fingerprint density at radius 2 is 2.20 bits per heavy atom. The SMILES string of the molecule is CC(CN(C)C(=O)CC1CCC1)C(N)=S. The molecule has 1 saturated carbocycles. The molecule has 2 N–H and O–H groups in total. The minimum absolute atomic E-state index is 0.107. The first-order valence-electron chi connectivity index (χ1n) is 5.54. The molecule has 0 heterocycles. The highest BCUT2D eigenvalue weighted by Crippen LogP contribution is 2.29. The normalized spacial score (nSPS) is 18.0. The van der Waals surface area contributed by atoms with Gasteiger partial charge < -0.3 is 10.6 Å². The molecule has 0 saturated heterocycles. The first-order chi connectivity index (χ1) is 7.00. The number of nitrogens with zero attached hydrogens (tertiary/aromatic N) is 1. The maximum Gasteiger partial charge on any atom is 0.222 e. The minimum atomic E-state index is 0.107. The van der Waals surface area contributed by atoms with Gasteiger partial charge in [-0.1, -0.05) is 25.6 Å². The monoisotopic (exact) mass is 228 g/mol. The molecule has 3 nitrogen and oxygen atoms in total. The van der Waals surface area contributed by atoms with E-state index in [0.29, 0.717) is 23.9 Å². The molecule has 0 aromatic rings. The first-order valence-corrected chi connectivity index (χ1v) is 5.94. The number of carbonyl (C=O) groups is 1. The zero-order chi connectivity index (χ0) is 11.4. The van der Waals surface area contributed by atoms with Crippen molar-refractivity contribution in [1.82, 2.24) is 4.90 Å². The van der Waals surface area contributed by atoms with E-state index in [-0.39, 0.29) is 11.8 Å². The van der Waals surface area contributed by atoms with E-state index in [9.17, 15) is 4.79 Å². The summed E-state index contributed by atoms with van der Waals surface area (Å²) in [5.74, 6) is 0.957. The summed E-state index contributed by atoms with van der Waals surface area (Å²) in [5.41, 5.74) is 5.52. The summed E-state index contributed by atoms with van der Waals surface area (Å²) in [6.45, 7) is 2.59. The van der Waals surface area contributed by atoms with E-state index in [1.807, 2.05) is 14.0 Å². The van der Waals surface area contributed by atoms with Crippen LogP contribution in [0.15, 0.2) is 0 Å².